The molecule has 820 valence electrons. The predicted octanol–water partition coefficient (Wildman–Crippen LogP) is -303. The Morgan fingerprint density at radius 3 is 0.0182 bits per heavy atom. The fraction of sp³-hybridized carbons (Fsp3) is 0. The molecule has 0 radical (unpaired) electrons. The maximum atomic E-state index is 0. The van der Waals surface area contributed by atoms with Gasteiger partial charge in [-0.05, 0) is 0 Å². The van der Waals surface area contributed by atoms with Crippen LogP contribution in [0.4, 0.5) is 0 Å². The first-order valence-electron chi connectivity index (χ1n) is 0. The third kappa shape index (κ3) is 2110. The van der Waals surface area contributed by atoms with E-state index in [1.54, 1.807) is 0 Å². The summed E-state index contributed by atoms with van der Waals surface area (Å²) < 4.78 is 0. The predicted molar refractivity (Wildman–Crippen MR) is 57.5 cm³/mol. The van der Waals surface area contributed by atoms with Crippen molar-refractivity contribution in [2.24, 2.45) is 0 Å². The molecule has 0 fully saturated rings. The van der Waals surface area contributed by atoms with E-state index in [1.807, 2.05) is 0 Å². The smallest absolute Gasteiger partial charge is 1.00 e. The number of hydrogen-bond donors (Lipinski definition) is 0. The minimum atomic E-state index is 0. The van der Waals surface area contributed by atoms with E-state index in [2.05, 4.69) is 0 Å². The third-order valence-corrected chi connectivity index (χ3v) is 0. The summed E-state index contributed by atoms with van der Waals surface area (Å²) >= 11 is 0. The molecule has 0 saturated carbocycles. The van der Waals surface area contributed by atoms with E-state index in [4.69, 9.17) is 0 Å². The average Bonchev–Trinajstić information content (AvgIpc) is 0. The second-order valence-corrected chi connectivity index (χ2v) is 0. The van der Waals surface area contributed by atoms with Gasteiger partial charge < -0.3 is 1240 Å². The third-order valence-electron chi connectivity index (χ3n) is 0. The molecule has 0 amide bonds. The Kier molecular flexibility index (Phi) is 43100. The van der Waals surface area contributed by atoms with E-state index >= 15 is 0 Å². The summed E-state index contributed by atoms with van der Waals surface area (Å²) in [6.07, 6.45) is 0. The molecule has 0 aromatic carbocycles. The molecule has 0 N–H and O–H groups in total. The van der Waals surface area contributed by atoms with Crippen LogP contribution in [-0.2, 0) is 0 Å². The molecule has 0 aromatic rings. The van der Waals surface area contributed by atoms with Crippen molar-refractivity contribution in [1.29, 1.82) is 0 Å². The van der Waals surface area contributed by atoms with Crippen LogP contribution in [-0.4, -0.2) is 273 Å². The van der Waals surface area contributed by atoms with Crippen molar-refractivity contribution in [1.82, 2.24) is 0 Å². The molecule has 0 saturated heterocycles. The Morgan fingerprint density at radius 2 is 0.0182 bits per heavy atom. The zero-order valence-electron chi connectivity index (χ0n) is 43.6. The minimum absolute atomic E-state index is 0. The van der Waals surface area contributed by atoms with Gasteiger partial charge in [0.2, 0.25) is 0 Å². The van der Waals surface area contributed by atoms with E-state index in [1.165, 1.54) is 0 Å². The van der Waals surface area contributed by atoms with Crippen molar-refractivity contribution in [3.8, 4) is 0 Å². The van der Waals surface area contributed by atoms with Crippen LogP contribution in [0.5, 0.6) is 0 Å². The van der Waals surface area contributed by atoms with Gasteiger partial charge in [0.05, 0.1) is 0 Å². The summed E-state index contributed by atoms with van der Waals surface area (Å²) in [6.45, 7) is 0. The topological polar surface area (TPSA) is 0 Å². The Balaban J connectivity index is 0. The van der Waals surface area contributed by atoms with Crippen molar-refractivity contribution < 1.29 is 1240 Å². The van der Waals surface area contributed by atoms with E-state index in [0.717, 1.165) is 0 Å². The van der Waals surface area contributed by atoms with Crippen LogP contribution in [0.2, 0.25) is 0 Å². The molecule has 0 aliphatic carbocycles. The van der Waals surface area contributed by atoms with Crippen molar-refractivity contribution in [3.05, 3.63) is 0 Å². The molecule has 0 aliphatic rings. The molecule has 110 heteroatoms. The van der Waals surface area contributed by atoms with Gasteiger partial charge in [-0.2, -0.15) is 0 Å². The number of hydrogen-bond acceptors (Lipinski definition) is 0. The first-order valence-corrected chi connectivity index (χ1v) is 0. The average molecular weight is 5590 g/mol. The summed E-state index contributed by atoms with van der Waals surface area (Å²) in [5.41, 5.74) is 0. The van der Waals surface area contributed by atoms with E-state index < -0.39 is 0 Å². The first kappa shape index (κ1) is 2200. The zero-order chi connectivity index (χ0) is 0. The maximum absolute atomic E-state index is 0. The number of halogens is 100. The zero-order valence-corrected chi connectivity index (χ0v) is 164. The molecule has 0 nitrogen and oxygen atoms in total. The maximum Gasteiger partial charge on any atom is 1.00 e. The molecule has 110 heavy (non-hydrogen) atoms. The van der Waals surface area contributed by atoms with Crippen LogP contribution in [0.15, 0.2) is 0 Å². The minimum Gasteiger partial charge on any atom is -1.00 e. The SMILES string of the molecule is [Cl-].[Cl-].[Cl-].[Cl-].[Cl-].[Cl-].[Cl-].[Cl-].[Cl-].[Cl-].[Cl-].[Cl-].[Cl-].[Cl-].[Cl-].[Cl-].[Cl-].[Cl-].[Cl-].[Cl-].[Cl-].[Cl-].[Cl-].[Cl-].[Cl-].[Cl-].[Cl-].[Cl-].[Cl-].[Cl-].[Cl-].[Cl-].[Cl-].[Cl-].[Cl-].[Cl-].[Cl-].[Cl-].[Cl-].[Cl-].[Cl-].[Cl-].[Cl-].[Cl-].[Cl-].[Cl-].[Cl-].[Cl-].[Cl-].[Cl-].[Cl-].[Cl-].[Cl-].[Cl-].[Cl-].[Cl-].[Cl-].[Cl-].[Cl-].[Cl-].[Cl-].[Cl-].[Cl-].[Cl-].[Cl-].[Cl-].[Cl-].[Cl-].[Cl-].[Cl-].[Cl-].[Cl-].[Cl-].[Cl-].[Cl-].[Cl-].[Cl-].[Cl-].[Cl-].[Cl-].[Cl-].[Cl-].[Cl-].[Cl-].[Cl-].[Cl-].[Cl-].[Cl-].[Cl-].[Cl-].[Cl-].[Cl-].[Cl-].[Cl-].[Cl-].[Cl-].[Cl-].[Cl-].[Cl-].[Cl-].[Tl+].[Tl+].[Tl+].[Tl+].[Tl+].[Tl+].[Tl+].[Tl+].[Tl+].[Tl+]. The fourth-order valence-corrected chi connectivity index (χ4v) is 0. The van der Waals surface area contributed by atoms with Gasteiger partial charge >= 0.3 is 273 Å². The van der Waals surface area contributed by atoms with Crippen LogP contribution >= 0.6 is 0 Å². The fourth-order valence-electron chi connectivity index (χ4n) is 0. The second kappa shape index (κ2) is 2150. The van der Waals surface area contributed by atoms with Gasteiger partial charge in [0.15, 0.2) is 0 Å². The van der Waals surface area contributed by atoms with Crippen molar-refractivity contribution in [2.75, 3.05) is 0 Å². The Bertz CT molecular complexity index is 48.3. The van der Waals surface area contributed by atoms with E-state index in [-0.39, 0.29) is 1510 Å². The van der Waals surface area contributed by atoms with Crippen molar-refractivity contribution >= 4 is 273 Å². The van der Waals surface area contributed by atoms with Gasteiger partial charge in [-0.25, -0.2) is 0 Å². The van der Waals surface area contributed by atoms with E-state index in [9.17, 15) is 0 Å². The molecule has 0 unspecified atom stereocenters. The van der Waals surface area contributed by atoms with Crippen molar-refractivity contribution in [3.63, 3.8) is 0 Å². The monoisotopic (exact) mass is 5550 g/mol. The Hall–Kier alpha value is 38.2. The van der Waals surface area contributed by atoms with Crippen LogP contribution in [0.25, 0.3) is 0 Å². The largest absolute Gasteiger partial charge is 1.00 e. The molecule has 0 spiro atoms. The quantitative estimate of drug-likeness (QED) is 0.212. The normalized spacial score (nSPS) is 0. The molecular weight excluding hydrogens is 5590 g/mol. The van der Waals surface area contributed by atoms with Gasteiger partial charge in [0.1, 0.15) is 0 Å². The molecular formula is Cl100Tl10-90. The van der Waals surface area contributed by atoms with Gasteiger partial charge in [-0.1, -0.05) is 0 Å². The molecule has 0 aliphatic heterocycles. The molecule has 0 bridgehead atoms. The van der Waals surface area contributed by atoms with Crippen molar-refractivity contribution in [2.45, 2.75) is 0 Å². The van der Waals surface area contributed by atoms with Gasteiger partial charge in [-0.15, -0.1) is 0 Å². The van der Waals surface area contributed by atoms with Gasteiger partial charge in [-0.3, -0.25) is 0 Å². The second-order valence-electron chi connectivity index (χ2n) is 0. The van der Waals surface area contributed by atoms with Crippen LogP contribution in [0.1, 0.15) is 0 Å². The molecule has 0 heterocycles. The summed E-state index contributed by atoms with van der Waals surface area (Å²) in [7, 11) is 0. The molecule has 0 aromatic heterocycles. The summed E-state index contributed by atoms with van der Waals surface area (Å²) in [5, 5.41) is 0. The van der Waals surface area contributed by atoms with Crippen LogP contribution < -0.4 is 1240 Å². The summed E-state index contributed by atoms with van der Waals surface area (Å²) in [5.74, 6) is 0. The number of rotatable bonds is 0. The van der Waals surface area contributed by atoms with Gasteiger partial charge in [0.25, 0.3) is 0 Å². The van der Waals surface area contributed by atoms with Gasteiger partial charge in [0, 0.05) is 0 Å². The van der Waals surface area contributed by atoms with Crippen LogP contribution in [0.3, 0.4) is 0 Å². The summed E-state index contributed by atoms with van der Waals surface area (Å²) in [4.78, 5) is 0. The Labute approximate surface area is 1480 Å². The Morgan fingerprint density at radius 1 is 0.0182 bits per heavy atom. The van der Waals surface area contributed by atoms with E-state index in [0.29, 0.717) is 0 Å². The van der Waals surface area contributed by atoms with Crippen LogP contribution in [0, 0.1) is 0 Å². The standard InChI is InChI=1S/100ClH.10Tl/h100*1H;;;;;;;;;;/q;;;;;;;;;;;;;;;;;;;;;;;;;;;;;;;;;;;;;;;;;;;;;;;;;;;;;;;;;;;;;;;;;;;;;;;;;;;;;;;;;;;;;;;;;;;;;;;;;;;;10*+1/p-100. The molecule has 0 atom stereocenters. The molecule has 0 rings (SSSR count). The summed E-state index contributed by atoms with van der Waals surface area (Å²) in [6, 6.07) is 0. The first-order chi connectivity index (χ1) is 0.